The number of nitro groups is 1. The maximum absolute atomic E-state index is 14.4. The number of benzene rings is 1. The van der Waals surface area contributed by atoms with Gasteiger partial charge in [-0.1, -0.05) is 18.7 Å². The van der Waals surface area contributed by atoms with Gasteiger partial charge in [0, 0.05) is 11.0 Å². The zero-order valence-electron chi connectivity index (χ0n) is 12.6. The fourth-order valence-corrected chi connectivity index (χ4v) is 4.24. The first-order valence-electron chi connectivity index (χ1n) is 7.17. The molecule has 0 aliphatic carbocycles. The molecule has 1 atom stereocenters. The fourth-order valence-electron chi connectivity index (χ4n) is 2.29. The van der Waals surface area contributed by atoms with Crippen molar-refractivity contribution < 1.29 is 18.8 Å². The summed E-state index contributed by atoms with van der Waals surface area (Å²) in [5.74, 6) is -0.534. The second-order valence-electron chi connectivity index (χ2n) is 5.09. The van der Waals surface area contributed by atoms with Crippen LogP contribution in [0.2, 0.25) is 0 Å². The van der Waals surface area contributed by atoms with E-state index in [9.17, 15) is 19.3 Å². The largest absolute Gasteiger partial charge is 0.444 e. The Kier molecular flexibility index (Phi) is 4.72. The van der Waals surface area contributed by atoms with E-state index in [4.69, 9.17) is 4.74 Å². The van der Waals surface area contributed by atoms with Crippen LogP contribution >= 0.6 is 23.1 Å². The van der Waals surface area contributed by atoms with Crippen LogP contribution in [0.3, 0.4) is 0 Å². The Balaban J connectivity index is 1.82. The molecule has 1 aliphatic heterocycles. The summed E-state index contributed by atoms with van der Waals surface area (Å²) in [6, 6.07) is 5.78. The lowest BCUT2D eigenvalue weighted by Crippen LogP contribution is -2.24. The smallest absolute Gasteiger partial charge is 0.414 e. The number of ether oxygens (including phenoxy) is 1. The van der Waals surface area contributed by atoms with E-state index in [1.807, 2.05) is 6.92 Å². The maximum Gasteiger partial charge on any atom is 0.414 e. The van der Waals surface area contributed by atoms with E-state index >= 15 is 0 Å². The van der Waals surface area contributed by atoms with Gasteiger partial charge >= 0.3 is 6.09 Å². The van der Waals surface area contributed by atoms with Crippen LogP contribution in [-0.2, 0) is 4.74 Å². The molecule has 0 spiro atoms. The van der Waals surface area contributed by atoms with Crippen LogP contribution < -0.4 is 4.90 Å². The molecular formula is C15H13FN2O4S2. The van der Waals surface area contributed by atoms with Gasteiger partial charge in [0.05, 0.1) is 17.2 Å². The quantitative estimate of drug-likeness (QED) is 0.566. The number of rotatable bonds is 5. The molecule has 1 amide bonds. The highest BCUT2D eigenvalue weighted by Crippen LogP contribution is 2.40. The molecule has 1 aromatic carbocycles. The van der Waals surface area contributed by atoms with Crippen molar-refractivity contribution in [2.24, 2.45) is 0 Å². The van der Waals surface area contributed by atoms with E-state index < -0.39 is 16.8 Å². The average Bonchev–Trinajstić information content (AvgIpc) is 3.15. The number of carbonyl (C=O) groups excluding carboxylic acids is 1. The maximum atomic E-state index is 14.4. The molecule has 0 N–H and O–H groups in total. The first-order chi connectivity index (χ1) is 11.5. The van der Waals surface area contributed by atoms with Crippen molar-refractivity contribution in [3.63, 3.8) is 0 Å². The van der Waals surface area contributed by atoms with Gasteiger partial charge in [-0.3, -0.25) is 15.0 Å². The van der Waals surface area contributed by atoms with Gasteiger partial charge in [0.25, 0.3) is 5.69 Å². The van der Waals surface area contributed by atoms with Crippen molar-refractivity contribution in [2.45, 2.75) is 28.6 Å². The summed E-state index contributed by atoms with van der Waals surface area (Å²) in [7, 11) is 0. The van der Waals surface area contributed by atoms with Crippen molar-refractivity contribution in [2.75, 3.05) is 11.4 Å². The summed E-state index contributed by atoms with van der Waals surface area (Å²) >= 11 is 2.18. The molecule has 3 rings (SSSR count). The molecule has 9 heteroatoms. The molecule has 0 bridgehead atoms. The van der Waals surface area contributed by atoms with Crippen LogP contribution in [0, 0.1) is 15.9 Å². The molecule has 2 heterocycles. The normalized spacial score (nSPS) is 17.2. The number of hydrogen-bond acceptors (Lipinski definition) is 6. The lowest BCUT2D eigenvalue weighted by Gasteiger charge is -2.13. The van der Waals surface area contributed by atoms with Crippen LogP contribution in [0.5, 0.6) is 0 Å². The zero-order chi connectivity index (χ0) is 17.3. The van der Waals surface area contributed by atoms with E-state index in [1.54, 1.807) is 11.4 Å². The topological polar surface area (TPSA) is 72.7 Å². The SMILES string of the molecule is CC[C@H]1CN(c2ccc(Sc3sccc3[N+](=O)[O-])c(F)c2)C(=O)O1. The van der Waals surface area contributed by atoms with E-state index in [-0.39, 0.29) is 16.7 Å². The summed E-state index contributed by atoms with van der Waals surface area (Å²) in [5.41, 5.74) is 0.376. The predicted molar refractivity (Wildman–Crippen MR) is 89.4 cm³/mol. The number of halogens is 1. The molecule has 1 fully saturated rings. The molecule has 6 nitrogen and oxygen atoms in total. The molecule has 1 aliphatic rings. The molecule has 2 aromatic rings. The van der Waals surface area contributed by atoms with E-state index in [0.717, 1.165) is 11.8 Å². The average molecular weight is 368 g/mol. The number of carbonyl (C=O) groups is 1. The predicted octanol–water partition coefficient (Wildman–Crippen LogP) is 4.68. The summed E-state index contributed by atoms with van der Waals surface area (Å²) in [6.07, 6.45) is 0.0136. The highest BCUT2D eigenvalue weighted by atomic mass is 32.2. The minimum atomic E-state index is -0.534. The van der Waals surface area contributed by atoms with E-state index in [2.05, 4.69) is 0 Å². The second-order valence-corrected chi connectivity index (χ2v) is 7.32. The fraction of sp³-hybridized carbons (Fsp3) is 0.267. The van der Waals surface area contributed by atoms with Crippen molar-refractivity contribution in [3.8, 4) is 0 Å². The van der Waals surface area contributed by atoms with Gasteiger partial charge in [0.1, 0.15) is 16.1 Å². The standard InChI is InChI=1S/C15H13FN2O4S2/c1-2-10-8-17(15(19)22-10)9-3-4-13(11(16)7-9)24-14-12(18(20)21)5-6-23-14/h3-7,10H,2,8H2,1H3/t10-/m0/s1. The van der Waals surface area contributed by atoms with Gasteiger partial charge in [-0.15, -0.1) is 11.3 Å². The molecule has 0 saturated carbocycles. The molecule has 0 radical (unpaired) electrons. The number of cyclic esters (lactones) is 1. The minimum absolute atomic E-state index is 0.0395. The summed E-state index contributed by atoms with van der Waals surface area (Å²) < 4.78 is 19.9. The Morgan fingerprint density at radius 1 is 1.50 bits per heavy atom. The molecule has 24 heavy (non-hydrogen) atoms. The molecule has 1 aromatic heterocycles. The first kappa shape index (κ1) is 16.7. The Hall–Kier alpha value is -2.13. The van der Waals surface area contributed by atoms with Crippen molar-refractivity contribution in [1.82, 2.24) is 0 Å². The van der Waals surface area contributed by atoms with Crippen molar-refractivity contribution in [1.29, 1.82) is 0 Å². The number of anilines is 1. The monoisotopic (exact) mass is 368 g/mol. The van der Waals surface area contributed by atoms with Crippen molar-refractivity contribution in [3.05, 3.63) is 45.6 Å². The second kappa shape index (κ2) is 6.78. The van der Waals surface area contributed by atoms with Crippen LogP contribution in [0.4, 0.5) is 20.6 Å². The first-order valence-corrected chi connectivity index (χ1v) is 8.86. The van der Waals surface area contributed by atoms with Gasteiger partial charge in [0.2, 0.25) is 0 Å². The van der Waals surface area contributed by atoms with Crippen molar-refractivity contribution >= 4 is 40.6 Å². The van der Waals surface area contributed by atoms with Gasteiger partial charge in [-0.25, -0.2) is 9.18 Å². The molecule has 0 unspecified atom stereocenters. The van der Waals surface area contributed by atoms with Gasteiger partial charge < -0.3 is 4.74 Å². The third-order valence-corrected chi connectivity index (χ3v) is 5.75. The molecule has 1 saturated heterocycles. The number of thiophene rings is 1. The Bertz CT molecular complexity index is 796. The summed E-state index contributed by atoms with van der Waals surface area (Å²) in [6.45, 7) is 2.30. The number of amides is 1. The lowest BCUT2D eigenvalue weighted by atomic mass is 10.2. The van der Waals surface area contributed by atoms with E-state index in [0.29, 0.717) is 22.9 Å². The summed E-state index contributed by atoms with van der Waals surface area (Å²) in [4.78, 5) is 23.9. The van der Waals surface area contributed by atoms with Crippen LogP contribution in [0.1, 0.15) is 13.3 Å². The Labute approximate surface area is 145 Å². The van der Waals surface area contributed by atoms with Gasteiger partial charge in [-0.2, -0.15) is 0 Å². The summed E-state index contributed by atoms with van der Waals surface area (Å²) in [5, 5.41) is 12.5. The number of hydrogen-bond donors (Lipinski definition) is 0. The third kappa shape index (κ3) is 3.22. The van der Waals surface area contributed by atoms with Crippen LogP contribution in [-0.4, -0.2) is 23.7 Å². The highest BCUT2D eigenvalue weighted by molar-refractivity contribution is 8.01. The van der Waals surface area contributed by atoms with Gasteiger partial charge in [-0.05, 0) is 30.0 Å². The molecular weight excluding hydrogens is 355 g/mol. The lowest BCUT2D eigenvalue weighted by molar-refractivity contribution is -0.387. The Morgan fingerprint density at radius 2 is 2.29 bits per heavy atom. The third-order valence-electron chi connectivity index (χ3n) is 3.57. The van der Waals surface area contributed by atoms with Crippen LogP contribution in [0.15, 0.2) is 38.8 Å². The zero-order valence-corrected chi connectivity index (χ0v) is 14.2. The van der Waals surface area contributed by atoms with E-state index in [1.165, 1.54) is 34.4 Å². The minimum Gasteiger partial charge on any atom is -0.444 e. The van der Waals surface area contributed by atoms with Gasteiger partial charge in [0.15, 0.2) is 0 Å². The Morgan fingerprint density at radius 3 is 2.92 bits per heavy atom. The highest BCUT2D eigenvalue weighted by Gasteiger charge is 2.31. The van der Waals surface area contributed by atoms with Crippen LogP contribution in [0.25, 0.3) is 0 Å². The number of nitrogens with zero attached hydrogens (tertiary/aromatic N) is 2. The molecule has 126 valence electrons.